The Hall–Kier alpha value is -2.15. The number of hydrogen-bond donors (Lipinski definition) is 0. The molecule has 0 aromatic carbocycles. The summed E-state index contributed by atoms with van der Waals surface area (Å²) >= 11 is 6.63. The predicted molar refractivity (Wildman–Crippen MR) is 126 cm³/mol. The van der Waals surface area contributed by atoms with Crippen LogP contribution in [0.15, 0.2) is 9.70 Å². The number of anilines is 1. The standard InChI is InChI=1S/C21H27N5O2S2/c1-5-7-26-18(24-10-8-23(4)9-11-24)15(14(3)16(13-22)19(26)27)12-17-20(28)25(6-2)21(29)30-17/h12H,5-11H2,1-4H3/b17-12-. The van der Waals surface area contributed by atoms with E-state index in [1.165, 1.54) is 11.8 Å². The fraction of sp³-hybridized carbons (Fsp3) is 0.524. The number of nitriles is 1. The topological polar surface area (TPSA) is 72.6 Å². The molecule has 160 valence electrons. The number of hydrogen-bond acceptors (Lipinski definition) is 7. The normalized spacial score (nSPS) is 19.1. The Morgan fingerprint density at radius 3 is 2.40 bits per heavy atom. The van der Waals surface area contributed by atoms with Gasteiger partial charge in [0.1, 0.15) is 21.8 Å². The van der Waals surface area contributed by atoms with E-state index in [9.17, 15) is 14.9 Å². The van der Waals surface area contributed by atoms with E-state index in [1.807, 2.05) is 19.9 Å². The van der Waals surface area contributed by atoms with Crippen LogP contribution >= 0.6 is 24.0 Å². The van der Waals surface area contributed by atoms with Gasteiger partial charge in [-0.3, -0.25) is 19.1 Å². The molecule has 7 nitrogen and oxygen atoms in total. The van der Waals surface area contributed by atoms with E-state index >= 15 is 0 Å². The minimum Gasteiger partial charge on any atom is -0.355 e. The molecular weight excluding hydrogens is 418 g/mol. The summed E-state index contributed by atoms with van der Waals surface area (Å²) in [6.45, 7) is 10.1. The van der Waals surface area contributed by atoms with Gasteiger partial charge in [0, 0.05) is 44.8 Å². The highest BCUT2D eigenvalue weighted by Crippen LogP contribution is 2.35. The molecule has 9 heteroatoms. The molecule has 0 spiro atoms. The van der Waals surface area contributed by atoms with Crippen LogP contribution in [-0.2, 0) is 11.3 Å². The van der Waals surface area contributed by atoms with Gasteiger partial charge in [-0.05, 0) is 39.0 Å². The van der Waals surface area contributed by atoms with Gasteiger partial charge in [0.2, 0.25) is 0 Å². The molecule has 2 fully saturated rings. The van der Waals surface area contributed by atoms with Crippen molar-refractivity contribution in [3.63, 3.8) is 0 Å². The summed E-state index contributed by atoms with van der Waals surface area (Å²) in [5, 5.41) is 9.68. The average Bonchev–Trinajstić information content (AvgIpc) is 2.99. The maximum Gasteiger partial charge on any atom is 0.270 e. The molecule has 3 rings (SSSR count). The van der Waals surface area contributed by atoms with Gasteiger partial charge in [-0.2, -0.15) is 5.26 Å². The van der Waals surface area contributed by atoms with Crippen LogP contribution in [0, 0.1) is 18.3 Å². The van der Waals surface area contributed by atoms with E-state index in [-0.39, 0.29) is 17.0 Å². The highest BCUT2D eigenvalue weighted by molar-refractivity contribution is 8.26. The highest BCUT2D eigenvalue weighted by atomic mass is 32.2. The first kappa shape index (κ1) is 22.5. The number of pyridine rings is 1. The van der Waals surface area contributed by atoms with Crippen LogP contribution in [0.2, 0.25) is 0 Å². The number of piperazine rings is 1. The Morgan fingerprint density at radius 1 is 1.20 bits per heavy atom. The second-order valence-electron chi connectivity index (χ2n) is 7.52. The maximum absolute atomic E-state index is 13.1. The number of rotatable bonds is 5. The molecule has 2 aliphatic rings. The Kier molecular flexibility index (Phi) is 7.01. The van der Waals surface area contributed by atoms with E-state index in [4.69, 9.17) is 12.2 Å². The minimum atomic E-state index is -0.260. The molecule has 0 aliphatic carbocycles. The summed E-state index contributed by atoms with van der Waals surface area (Å²) < 4.78 is 2.25. The van der Waals surface area contributed by atoms with Crippen LogP contribution in [0.1, 0.15) is 37.0 Å². The zero-order chi connectivity index (χ0) is 22.0. The molecule has 2 saturated heterocycles. The summed E-state index contributed by atoms with van der Waals surface area (Å²) in [4.78, 5) is 32.5. The van der Waals surface area contributed by atoms with Crippen molar-refractivity contribution in [2.45, 2.75) is 33.7 Å². The number of thioether (sulfide) groups is 1. The van der Waals surface area contributed by atoms with Crippen LogP contribution in [-0.4, -0.2) is 64.4 Å². The SMILES string of the molecule is CCCn1c(N2CCN(C)CC2)c(/C=C2\SC(=S)N(CC)C2=O)c(C)c(C#N)c1=O. The summed E-state index contributed by atoms with van der Waals surface area (Å²) in [6.07, 6.45) is 2.59. The largest absolute Gasteiger partial charge is 0.355 e. The van der Waals surface area contributed by atoms with Crippen LogP contribution < -0.4 is 10.5 Å². The lowest BCUT2D eigenvalue weighted by atomic mass is 10.0. The number of amides is 1. The molecule has 1 amide bonds. The van der Waals surface area contributed by atoms with Gasteiger partial charge in [-0.1, -0.05) is 30.9 Å². The highest BCUT2D eigenvalue weighted by Gasteiger charge is 2.32. The molecule has 1 aromatic rings. The molecule has 30 heavy (non-hydrogen) atoms. The number of aromatic nitrogens is 1. The Morgan fingerprint density at radius 2 is 1.87 bits per heavy atom. The van der Waals surface area contributed by atoms with Gasteiger partial charge in [-0.15, -0.1) is 0 Å². The van der Waals surface area contributed by atoms with Crippen LogP contribution in [0.3, 0.4) is 0 Å². The van der Waals surface area contributed by atoms with Crippen molar-refractivity contribution in [3.8, 4) is 6.07 Å². The fourth-order valence-corrected chi connectivity index (χ4v) is 5.20. The molecule has 0 saturated carbocycles. The molecule has 0 atom stereocenters. The monoisotopic (exact) mass is 445 g/mol. The summed E-state index contributed by atoms with van der Waals surface area (Å²) in [5.74, 6) is 0.677. The van der Waals surface area contributed by atoms with Gasteiger partial charge in [0.25, 0.3) is 11.5 Å². The van der Waals surface area contributed by atoms with Crippen molar-refractivity contribution < 1.29 is 4.79 Å². The quantitative estimate of drug-likeness (QED) is 0.509. The molecule has 0 N–H and O–H groups in total. The first-order valence-corrected chi connectivity index (χ1v) is 11.4. The molecular formula is C21H27N5O2S2. The second-order valence-corrected chi connectivity index (χ2v) is 9.20. The van der Waals surface area contributed by atoms with Crippen molar-refractivity contribution in [1.82, 2.24) is 14.4 Å². The molecule has 3 heterocycles. The van der Waals surface area contributed by atoms with E-state index < -0.39 is 0 Å². The van der Waals surface area contributed by atoms with Crippen molar-refractivity contribution in [2.24, 2.45) is 0 Å². The molecule has 0 radical (unpaired) electrons. The maximum atomic E-state index is 13.1. The fourth-order valence-electron chi connectivity index (χ4n) is 3.84. The number of thiocarbonyl (C=S) groups is 1. The lowest BCUT2D eigenvalue weighted by Crippen LogP contribution is -2.47. The minimum absolute atomic E-state index is 0.122. The van der Waals surface area contributed by atoms with Crippen LogP contribution in [0.5, 0.6) is 0 Å². The van der Waals surface area contributed by atoms with Gasteiger partial charge >= 0.3 is 0 Å². The number of nitrogens with zero attached hydrogens (tertiary/aromatic N) is 5. The van der Waals surface area contributed by atoms with Gasteiger partial charge in [-0.25, -0.2) is 0 Å². The second kappa shape index (κ2) is 9.33. The molecule has 2 aliphatic heterocycles. The van der Waals surface area contributed by atoms with Crippen molar-refractivity contribution in [1.29, 1.82) is 5.26 Å². The molecule has 0 bridgehead atoms. The third-order valence-electron chi connectivity index (χ3n) is 5.56. The zero-order valence-corrected chi connectivity index (χ0v) is 19.5. The number of likely N-dealkylation sites (N-methyl/N-ethyl adjacent to an activating group) is 2. The number of carbonyl (C=O) groups excluding carboxylic acids is 1. The smallest absolute Gasteiger partial charge is 0.270 e. The first-order chi connectivity index (χ1) is 14.3. The summed E-state index contributed by atoms with van der Waals surface area (Å²) in [7, 11) is 2.08. The lowest BCUT2D eigenvalue weighted by Gasteiger charge is -2.36. The van der Waals surface area contributed by atoms with Crippen molar-refractivity contribution >= 4 is 46.1 Å². The third kappa shape index (κ3) is 4.04. The Bertz CT molecular complexity index is 1000. The van der Waals surface area contributed by atoms with E-state index in [0.29, 0.717) is 27.9 Å². The Labute approximate surface area is 186 Å². The van der Waals surface area contributed by atoms with Crippen LogP contribution in [0.25, 0.3) is 6.08 Å². The van der Waals surface area contributed by atoms with Gasteiger partial charge < -0.3 is 9.80 Å². The zero-order valence-electron chi connectivity index (χ0n) is 17.9. The molecule has 1 aromatic heterocycles. The van der Waals surface area contributed by atoms with Gasteiger partial charge in [0.05, 0.1) is 4.91 Å². The van der Waals surface area contributed by atoms with E-state index in [2.05, 4.69) is 22.9 Å². The summed E-state index contributed by atoms with van der Waals surface area (Å²) in [6, 6.07) is 2.09. The Balaban J connectivity index is 2.25. The van der Waals surface area contributed by atoms with Crippen molar-refractivity contribution in [2.75, 3.05) is 44.7 Å². The molecule has 0 unspecified atom stereocenters. The first-order valence-electron chi connectivity index (χ1n) is 10.2. The third-order valence-corrected chi connectivity index (χ3v) is 6.94. The van der Waals surface area contributed by atoms with Crippen molar-refractivity contribution in [3.05, 3.63) is 31.9 Å². The van der Waals surface area contributed by atoms with Gasteiger partial charge in [0.15, 0.2) is 0 Å². The van der Waals surface area contributed by atoms with E-state index in [1.54, 1.807) is 16.4 Å². The van der Waals surface area contributed by atoms with E-state index in [0.717, 1.165) is 44.0 Å². The van der Waals surface area contributed by atoms with Crippen LogP contribution in [0.4, 0.5) is 5.82 Å². The average molecular weight is 446 g/mol. The summed E-state index contributed by atoms with van der Waals surface area (Å²) in [5.41, 5.74) is 1.26. The predicted octanol–water partition coefficient (Wildman–Crippen LogP) is 2.41. The number of carbonyl (C=O) groups is 1. The lowest BCUT2D eigenvalue weighted by molar-refractivity contribution is -0.121.